The van der Waals surface area contributed by atoms with E-state index in [1.54, 1.807) is 11.8 Å². The molecule has 0 N–H and O–H groups in total. The molecular weight excluding hydrogens is 286 g/mol. The van der Waals surface area contributed by atoms with Crippen molar-refractivity contribution in [1.29, 1.82) is 0 Å². The van der Waals surface area contributed by atoms with Gasteiger partial charge < -0.3 is 4.90 Å². The van der Waals surface area contributed by atoms with Crippen molar-refractivity contribution >= 4 is 45.8 Å². The Bertz CT molecular complexity index is 317. The third-order valence-electron chi connectivity index (χ3n) is 1.66. The highest BCUT2D eigenvalue weighted by atomic mass is 32.3. The summed E-state index contributed by atoms with van der Waals surface area (Å²) in [5.74, 6) is 0. The Balaban J connectivity index is 2.29. The number of hydrogen-bond donors (Lipinski definition) is 0. The van der Waals surface area contributed by atoms with E-state index >= 15 is 0 Å². The summed E-state index contributed by atoms with van der Waals surface area (Å²) in [6.45, 7) is -0.296. The molecule has 1 amide bonds. The Kier molecular flexibility index (Phi) is 6.52. The Morgan fingerprint density at radius 3 is 2.82 bits per heavy atom. The summed E-state index contributed by atoms with van der Waals surface area (Å²) in [6.07, 6.45) is -0.682. The number of amides is 1. The second kappa shape index (κ2) is 7.67. The molecule has 7 nitrogen and oxygen atoms in total. The lowest BCUT2D eigenvalue weighted by molar-refractivity contribution is -0.479. The SMILES string of the molecule is CN(CC[N+](=O)[O-])C(=O)ON=C1SCSCS1. The van der Waals surface area contributed by atoms with Crippen LogP contribution in [0.2, 0.25) is 0 Å². The molecule has 1 rings (SSSR count). The molecule has 1 fully saturated rings. The van der Waals surface area contributed by atoms with Crippen molar-refractivity contribution in [3.8, 4) is 0 Å². The summed E-state index contributed by atoms with van der Waals surface area (Å²) < 4.78 is 0.708. The minimum atomic E-state index is -0.682. The summed E-state index contributed by atoms with van der Waals surface area (Å²) in [7, 11) is 1.43. The van der Waals surface area contributed by atoms with Crippen molar-refractivity contribution in [2.24, 2.45) is 5.16 Å². The Morgan fingerprint density at radius 1 is 1.59 bits per heavy atom. The van der Waals surface area contributed by atoms with Gasteiger partial charge in [-0.1, -0.05) is 28.7 Å². The maximum absolute atomic E-state index is 11.3. The van der Waals surface area contributed by atoms with Crippen LogP contribution in [-0.4, -0.2) is 50.6 Å². The lowest BCUT2D eigenvalue weighted by Gasteiger charge is -2.13. The molecule has 1 aliphatic rings. The van der Waals surface area contributed by atoms with E-state index < -0.39 is 11.0 Å². The van der Waals surface area contributed by atoms with Crippen LogP contribution in [0.5, 0.6) is 0 Å². The van der Waals surface area contributed by atoms with Gasteiger partial charge >= 0.3 is 6.09 Å². The number of oxime groups is 1. The molecule has 0 atom stereocenters. The molecule has 0 aromatic carbocycles. The van der Waals surface area contributed by atoms with E-state index in [-0.39, 0.29) is 13.1 Å². The number of hydrogen-bond acceptors (Lipinski definition) is 8. The van der Waals surface area contributed by atoms with Crippen LogP contribution in [0.1, 0.15) is 0 Å². The molecule has 0 radical (unpaired) electrons. The van der Waals surface area contributed by atoms with Crippen LogP contribution < -0.4 is 0 Å². The van der Waals surface area contributed by atoms with Gasteiger partial charge in [-0.25, -0.2) is 4.79 Å². The first-order valence-electron chi connectivity index (χ1n) is 4.55. The third kappa shape index (κ3) is 6.03. The van der Waals surface area contributed by atoms with Gasteiger partial charge in [-0.15, -0.1) is 11.8 Å². The van der Waals surface area contributed by atoms with Gasteiger partial charge in [-0.05, 0) is 0 Å². The normalized spacial score (nSPS) is 15.2. The third-order valence-corrected chi connectivity index (χ3v) is 5.29. The van der Waals surface area contributed by atoms with Crippen LogP contribution in [0.25, 0.3) is 0 Å². The summed E-state index contributed by atoms with van der Waals surface area (Å²) in [5.41, 5.74) is 0. The van der Waals surface area contributed by atoms with Crippen LogP contribution in [0, 0.1) is 10.1 Å². The van der Waals surface area contributed by atoms with Crippen LogP contribution in [0.4, 0.5) is 4.79 Å². The van der Waals surface area contributed by atoms with Crippen molar-refractivity contribution in [2.45, 2.75) is 0 Å². The molecule has 0 aromatic heterocycles. The number of nitro groups is 1. The predicted octanol–water partition coefficient (Wildman–Crippen LogP) is 1.73. The lowest BCUT2D eigenvalue weighted by atomic mass is 10.6. The maximum Gasteiger partial charge on any atom is 0.435 e. The smallest absolute Gasteiger partial charge is 0.303 e. The Labute approximate surface area is 111 Å². The summed E-state index contributed by atoms with van der Waals surface area (Å²) >= 11 is 4.78. The molecule has 10 heteroatoms. The van der Waals surface area contributed by atoms with E-state index in [9.17, 15) is 14.9 Å². The highest BCUT2D eigenvalue weighted by molar-refractivity contribution is 8.48. The molecule has 1 saturated heterocycles. The van der Waals surface area contributed by atoms with Crippen molar-refractivity contribution in [3.05, 3.63) is 10.1 Å². The lowest BCUT2D eigenvalue weighted by Crippen LogP contribution is -2.31. The molecule has 17 heavy (non-hydrogen) atoms. The van der Waals surface area contributed by atoms with Crippen molar-refractivity contribution < 1.29 is 14.6 Å². The topological polar surface area (TPSA) is 85.0 Å². The number of carbonyl (C=O) groups excluding carboxylic acids is 1. The molecule has 1 aliphatic heterocycles. The predicted molar refractivity (Wildman–Crippen MR) is 70.9 cm³/mol. The Hall–Kier alpha value is -0.610. The van der Waals surface area contributed by atoms with E-state index in [0.29, 0.717) is 4.38 Å². The molecule has 96 valence electrons. The highest BCUT2D eigenvalue weighted by Gasteiger charge is 2.14. The van der Waals surface area contributed by atoms with Gasteiger partial charge in [-0.3, -0.25) is 15.0 Å². The fourth-order valence-electron chi connectivity index (χ4n) is 0.781. The van der Waals surface area contributed by atoms with Gasteiger partial charge in [0.25, 0.3) is 0 Å². The molecule has 1 heterocycles. The van der Waals surface area contributed by atoms with Gasteiger partial charge in [0.15, 0.2) is 4.38 Å². The molecular formula is C7H11N3O4S3. The number of nitrogens with zero attached hydrogens (tertiary/aromatic N) is 3. The van der Waals surface area contributed by atoms with Gasteiger partial charge in [0.2, 0.25) is 6.54 Å². The van der Waals surface area contributed by atoms with Gasteiger partial charge in [0, 0.05) is 22.1 Å². The Morgan fingerprint density at radius 2 is 2.24 bits per heavy atom. The van der Waals surface area contributed by atoms with E-state index in [4.69, 9.17) is 0 Å². The van der Waals surface area contributed by atoms with Crippen LogP contribution in [0.3, 0.4) is 0 Å². The number of rotatable bonds is 4. The first-order valence-corrected chi connectivity index (χ1v) is 7.67. The van der Waals surface area contributed by atoms with Crippen molar-refractivity contribution in [1.82, 2.24) is 4.90 Å². The molecule has 0 saturated carbocycles. The van der Waals surface area contributed by atoms with Crippen LogP contribution in [0.15, 0.2) is 5.16 Å². The maximum atomic E-state index is 11.3. The first kappa shape index (κ1) is 14.5. The summed E-state index contributed by atoms with van der Waals surface area (Å²) in [6, 6.07) is 0. The zero-order valence-corrected chi connectivity index (χ0v) is 11.5. The highest BCUT2D eigenvalue weighted by Crippen LogP contribution is 2.31. The summed E-state index contributed by atoms with van der Waals surface area (Å²) in [4.78, 5) is 26.8. The largest absolute Gasteiger partial charge is 0.435 e. The molecule has 0 spiro atoms. The van der Waals surface area contributed by atoms with Crippen LogP contribution in [-0.2, 0) is 4.84 Å². The van der Waals surface area contributed by atoms with Gasteiger partial charge in [-0.2, -0.15) is 0 Å². The second-order valence-corrected chi connectivity index (χ2v) is 6.82. The average Bonchev–Trinajstić information content (AvgIpc) is 2.34. The fraction of sp³-hybridized carbons (Fsp3) is 0.714. The van der Waals surface area contributed by atoms with Gasteiger partial charge in [0.05, 0.1) is 6.54 Å². The molecule has 0 bridgehead atoms. The zero-order valence-electron chi connectivity index (χ0n) is 9.03. The quantitative estimate of drug-likeness (QED) is 0.444. The van der Waals surface area contributed by atoms with E-state index in [2.05, 4.69) is 9.99 Å². The average molecular weight is 297 g/mol. The van der Waals surface area contributed by atoms with Crippen molar-refractivity contribution in [3.63, 3.8) is 0 Å². The fourth-order valence-corrected chi connectivity index (χ4v) is 4.52. The zero-order chi connectivity index (χ0) is 12.7. The minimum absolute atomic E-state index is 0.00677. The molecule has 0 aromatic rings. The van der Waals surface area contributed by atoms with E-state index in [0.717, 1.165) is 15.1 Å². The number of likely N-dealkylation sites (N-methyl/N-ethyl adjacent to an activating group) is 1. The number of thioether (sulfide) groups is 3. The first-order chi connectivity index (χ1) is 8.09. The van der Waals surface area contributed by atoms with Crippen LogP contribution >= 0.6 is 35.3 Å². The molecule has 0 unspecified atom stereocenters. The van der Waals surface area contributed by atoms with Gasteiger partial charge in [0.1, 0.15) is 0 Å². The number of carbonyl (C=O) groups is 1. The molecule has 0 aliphatic carbocycles. The van der Waals surface area contributed by atoms with E-state index in [1.165, 1.54) is 30.6 Å². The standard InChI is InChI=1S/C7H11N3O4S3/c1-9(2-3-10(12)13)7(11)14-8-6-16-4-15-5-17-6/h2-5H2,1H3. The van der Waals surface area contributed by atoms with Crippen molar-refractivity contribution in [2.75, 3.05) is 30.3 Å². The summed E-state index contributed by atoms with van der Waals surface area (Å²) in [5, 5.41) is 15.6. The second-order valence-electron chi connectivity index (χ2n) is 2.92. The minimum Gasteiger partial charge on any atom is -0.303 e. The monoisotopic (exact) mass is 297 g/mol. The van der Waals surface area contributed by atoms with E-state index in [1.807, 2.05) is 0 Å².